The highest BCUT2D eigenvalue weighted by molar-refractivity contribution is 6.30. The lowest BCUT2D eigenvalue weighted by Crippen LogP contribution is -2.47. The Morgan fingerprint density at radius 2 is 1.92 bits per heavy atom. The van der Waals surface area contributed by atoms with Crippen molar-refractivity contribution in [3.8, 4) is 0 Å². The third-order valence-corrected chi connectivity index (χ3v) is 3.42. The number of halogens is 5. The monoisotopic (exact) mass is 383 g/mol. The summed E-state index contributed by atoms with van der Waals surface area (Å²) in [5, 5.41) is 2.89. The van der Waals surface area contributed by atoms with Crippen LogP contribution in [0.3, 0.4) is 0 Å². The van der Waals surface area contributed by atoms with Gasteiger partial charge in [-0.15, -0.1) is 11.6 Å². The average molecular weight is 384 g/mol. The van der Waals surface area contributed by atoms with E-state index in [9.17, 15) is 18.0 Å². The summed E-state index contributed by atoms with van der Waals surface area (Å²) in [6.45, 7) is 0.793. The number of hydrogen-bond donors (Lipinski definition) is 1. The number of amides is 1. The SMILES string of the molecule is CC(=O)NCN(CCCl)C(=NCCc1ccc(Cl)cc1)C(F)(F)F. The standard InChI is InChI=1S/C15H18Cl2F3N3O/c1-11(24)22-10-23(9-7-16)14(15(18,19)20)21-8-6-12-2-4-13(17)5-3-12/h2-5H,6-10H2,1H3,(H,22,24). The second-order valence-corrected chi connectivity index (χ2v) is 5.74. The zero-order valence-electron chi connectivity index (χ0n) is 13.0. The number of nitrogens with one attached hydrogen (secondary N) is 1. The maximum Gasteiger partial charge on any atom is 0.449 e. The maximum atomic E-state index is 13.3. The van der Waals surface area contributed by atoms with Gasteiger partial charge in [0.1, 0.15) is 0 Å². The van der Waals surface area contributed by atoms with Crippen LogP contribution in [0.25, 0.3) is 0 Å². The fraction of sp³-hybridized carbons (Fsp3) is 0.467. The Balaban J connectivity index is 2.84. The Morgan fingerprint density at radius 3 is 2.42 bits per heavy atom. The zero-order chi connectivity index (χ0) is 18.2. The number of amidine groups is 1. The molecule has 0 spiro atoms. The van der Waals surface area contributed by atoms with E-state index in [2.05, 4.69) is 10.3 Å². The first kappa shape index (κ1) is 20.6. The molecule has 1 N–H and O–H groups in total. The molecule has 0 heterocycles. The number of carbonyl (C=O) groups is 1. The summed E-state index contributed by atoms with van der Waals surface area (Å²) in [4.78, 5) is 15.5. The minimum atomic E-state index is -4.63. The quantitative estimate of drug-likeness (QED) is 0.339. The zero-order valence-corrected chi connectivity index (χ0v) is 14.5. The van der Waals surface area contributed by atoms with E-state index in [-0.39, 0.29) is 25.6 Å². The van der Waals surface area contributed by atoms with Crippen LogP contribution in [0.5, 0.6) is 0 Å². The van der Waals surface area contributed by atoms with Crippen LogP contribution >= 0.6 is 23.2 Å². The van der Waals surface area contributed by atoms with E-state index in [1.165, 1.54) is 6.92 Å². The Morgan fingerprint density at radius 1 is 1.29 bits per heavy atom. The minimum Gasteiger partial charge on any atom is -0.339 e. The number of alkyl halides is 4. The fourth-order valence-corrected chi connectivity index (χ4v) is 2.21. The minimum absolute atomic E-state index is 0.0220. The lowest BCUT2D eigenvalue weighted by molar-refractivity contribution is -0.119. The Labute approximate surface area is 148 Å². The van der Waals surface area contributed by atoms with Crippen molar-refractivity contribution in [1.29, 1.82) is 0 Å². The van der Waals surface area contributed by atoms with Crippen LogP contribution in [0.1, 0.15) is 12.5 Å². The first-order valence-corrected chi connectivity index (χ1v) is 8.06. The molecule has 0 aliphatic rings. The fourth-order valence-electron chi connectivity index (χ4n) is 1.88. The summed E-state index contributed by atoms with van der Waals surface area (Å²) in [6.07, 6.45) is -4.30. The largest absolute Gasteiger partial charge is 0.449 e. The van der Waals surface area contributed by atoms with Crippen molar-refractivity contribution in [1.82, 2.24) is 10.2 Å². The highest BCUT2D eigenvalue weighted by atomic mass is 35.5. The van der Waals surface area contributed by atoms with E-state index >= 15 is 0 Å². The number of benzene rings is 1. The number of hydrogen-bond acceptors (Lipinski definition) is 2. The van der Waals surface area contributed by atoms with E-state index in [4.69, 9.17) is 23.2 Å². The molecule has 0 fully saturated rings. The molecular formula is C15H18Cl2F3N3O. The molecule has 1 aromatic carbocycles. The molecule has 134 valence electrons. The number of nitrogens with zero attached hydrogens (tertiary/aromatic N) is 2. The van der Waals surface area contributed by atoms with Gasteiger partial charge in [-0.1, -0.05) is 23.7 Å². The second-order valence-electron chi connectivity index (χ2n) is 4.92. The van der Waals surface area contributed by atoms with Crippen LogP contribution in [-0.4, -0.2) is 48.5 Å². The van der Waals surface area contributed by atoms with Gasteiger partial charge in [-0.05, 0) is 24.1 Å². The van der Waals surface area contributed by atoms with Gasteiger partial charge in [0.2, 0.25) is 11.7 Å². The van der Waals surface area contributed by atoms with Crippen LogP contribution in [-0.2, 0) is 11.2 Å². The highest BCUT2D eigenvalue weighted by Gasteiger charge is 2.39. The maximum absolute atomic E-state index is 13.3. The molecule has 24 heavy (non-hydrogen) atoms. The number of rotatable bonds is 7. The van der Waals surface area contributed by atoms with Gasteiger partial charge in [0.05, 0.1) is 6.67 Å². The summed E-state index contributed by atoms with van der Waals surface area (Å²) in [5.74, 6) is -1.51. The highest BCUT2D eigenvalue weighted by Crippen LogP contribution is 2.20. The molecule has 0 saturated carbocycles. The first-order valence-electron chi connectivity index (χ1n) is 7.15. The molecule has 1 aromatic rings. The molecule has 0 bridgehead atoms. The molecule has 1 rings (SSSR count). The van der Waals surface area contributed by atoms with Crippen LogP contribution in [0.2, 0.25) is 5.02 Å². The van der Waals surface area contributed by atoms with E-state index < -0.39 is 17.9 Å². The summed E-state index contributed by atoms with van der Waals surface area (Å²) in [7, 11) is 0. The summed E-state index contributed by atoms with van der Waals surface area (Å²) in [5.41, 5.74) is 0.829. The van der Waals surface area contributed by atoms with Gasteiger partial charge in [0, 0.05) is 30.9 Å². The van der Waals surface area contributed by atoms with Gasteiger partial charge < -0.3 is 10.2 Å². The van der Waals surface area contributed by atoms with Crippen molar-refractivity contribution in [2.75, 3.05) is 25.6 Å². The number of carbonyl (C=O) groups excluding carboxylic acids is 1. The van der Waals surface area contributed by atoms with Crippen molar-refractivity contribution < 1.29 is 18.0 Å². The van der Waals surface area contributed by atoms with Crippen LogP contribution in [0.15, 0.2) is 29.3 Å². The van der Waals surface area contributed by atoms with Gasteiger partial charge in [-0.2, -0.15) is 13.2 Å². The Hall–Kier alpha value is -1.47. The Bertz CT molecular complexity index is 562. The molecule has 0 saturated heterocycles. The molecule has 0 unspecified atom stereocenters. The van der Waals surface area contributed by atoms with E-state index in [0.717, 1.165) is 10.5 Å². The molecular weight excluding hydrogens is 366 g/mol. The molecule has 0 atom stereocenters. The van der Waals surface area contributed by atoms with E-state index in [1.807, 2.05) is 0 Å². The van der Waals surface area contributed by atoms with Gasteiger partial charge >= 0.3 is 6.18 Å². The topological polar surface area (TPSA) is 44.7 Å². The normalized spacial score (nSPS) is 12.2. The molecule has 0 aromatic heterocycles. The summed E-state index contributed by atoms with van der Waals surface area (Å²) < 4.78 is 39.8. The summed E-state index contributed by atoms with van der Waals surface area (Å²) in [6, 6.07) is 6.81. The Kier molecular flexibility index (Phi) is 8.35. The van der Waals surface area contributed by atoms with Crippen LogP contribution in [0.4, 0.5) is 13.2 Å². The molecule has 0 aliphatic heterocycles. The van der Waals surface area contributed by atoms with Crippen LogP contribution < -0.4 is 5.32 Å². The predicted octanol–water partition coefficient (Wildman–Crippen LogP) is 3.48. The lowest BCUT2D eigenvalue weighted by atomic mass is 10.1. The molecule has 4 nitrogen and oxygen atoms in total. The van der Waals surface area contributed by atoms with Gasteiger partial charge in [-0.3, -0.25) is 9.79 Å². The summed E-state index contributed by atoms with van der Waals surface area (Å²) >= 11 is 11.3. The molecule has 0 aliphatic carbocycles. The van der Waals surface area contributed by atoms with E-state index in [0.29, 0.717) is 11.4 Å². The molecule has 9 heteroatoms. The van der Waals surface area contributed by atoms with Gasteiger partial charge in [0.15, 0.2) is 0 Å². The van der Waals surface area contributed by atoms with Crippen molar-refractivity contribution in [3.63, 3.8) is 0 Å². The second kappa shape index (κ2) is 9.74. The van der Waals surface area contributed by atoms with Crippen molar-refractivity contribution in [3.05, 3.63) is 34.9 Å². The lowest BCUT2D eigenvalue weighted by Gasteiger charge is -2.26. The third kappa shape index (κ3) is 7.40. The van der Waals surface area contributed by atoms with Crippen molar-refractivity contribution >= 4 is 34.9 Å². The molecule has 1 amide bonds. The van der Waals surface area contributed by atoms with E-state index in [1.54, 1.807) is 24.3 Å². The predicted molar refractivity (Wildman–Crippen MR) is 89.6 cm³/mol. The first-order chi connectivity index (χ1) is 11.2. The van der Waals surface area contributed by atoms with Crippen LogP contribution in [0, 0.1) is 0 Å². The van der Waals surface area contributed by atoms with Crippen molar-refractivity contribution in [2.24, 2.45) is 4.99 Å². The average Bonchev–Trinajstić information content (AvgIpc) is 2.49. The van der Waals surface area contributed by atoms with Gasteiger partial charge in [0.25, 0.3) is 0 Å². The molecule has 0 radical (unpaired) electrons. The third-order valence-electron chi connectivity index (χ3n) is 3.00. The smallest absolute Gasteiger partial charge is 0.339 e. The van der Waals surface area contributed by atoms with Crippen molar-refractivity contribution in [2.45, 2.75) is 19.5 Å². The number of aliphatic imine (C=N–C) groups is 1. The van der Waals surface area contributed by atoms with Gasteiger partial charge in [-0.25, -0.2) is 0 Å².